The molecule has 1 aliphatic rings. The van der Waals surface area contributed by atoms with E-state index in [0.717, 1.165) is 53.7 Å². The number of benzene rings is 1. The summed E-state index contributed by atoms with van der Waals surface area (Å²) in [5, 5.41) is 5.03. The lowest BCUT2D eigenvalue weighted by Gasteiger charge is -2.26. The Hall–Kier alpha value is -2.44. The fraction of sp³-hybridized carbons (Fsp3) is 0.381. The van der Waals surface area contributed by atoms with Crippen LogP contribution in [-0.2, 0) is 13.6 Å². The van der Waals surface area contributed by atoms with Gasteiger partial charge in [-0.15, -0.1) is 0 Å². The molecule has 0 radical (unpaired) electrons. The van der Waals surface area contributed by atoms with Crippen molar-refractivity contribution in [3.8, 4) is 11.1 Å². The van der Waals surface area contributed by atoms with Crippen molar-refractivity contribution in [3.63, 3.8) is 0 Å². The Morgan fingerprint density at radius 1 is 1.25 bits per heavy atom. The van der Waals surface area contributed by atoms with E-state index in [4.69, 9.17) is 16.6 Å². The summed E-state index contributed by atoms with van der Waals surface area (Å²) in [7, 11) is 5.90. The molecule has 28 heavy (non-hydrogen) atoms. The molecule has 1 atom stereocenters. The van der Waals surface area contributed by atoms with Crippen molar-refractivity contribution >= 4 is 17.5 Å². The van der Waals surface area contributed by atoms with Crippen LogP contribution in [0.4, 0.5) is 5.95 Å². The zero-order valence-electron chi connectivity index (χ0n) is 16.5. The van der Waals surface area contributed by atoms with Gasteiger partial charge in [-0.05, 0) is 37.1 Å². The minimum Gasteiger partial charge on any atom is -0.347 e. The number of anilines is 1. The molecule has 146 valence electrons. The molecule has 0 N–H and O–H groups in total. The third-order valence-electron chi connectivity index (χ3n) is 5.16. The molecule has 0 unspecified atom stereocenters. The normalized spacial score (nSPS) is 17.2. The molecule has 3 heterocycles. The summed E-state index contributed by atoms with van der Waals surface area (Å²) >= 11 is 6.26. The average Bonchev–Trinajstić information content (AvgIpc) is 3.30. The van der Waals surface area contributed by atoms with Crippen molar-refractivity contribution in [3.05, 3.63) is 59.1 Å². The van der Waals surface area contributed by atoms with Crippen LogP contribution in [0.5, 0.6) is 0 Å². The van der Waals surface area contributed by atoms with Gasteiger partial charge < -0.3 is 4.90 Å². The lowest BCUT2D eigenvalue weighted by Crippen LogP contribution is -2.25. The molecule has 1 aliphatic heterocycles. The van der Waals surface area contributed by atoms with E-state index in [1.165, 1.54) is 5.56 Å². The van der Waals surface area contributed by atoms with Crippen LogP contribution in [0.2, 0.25) is 5.02 Å². The predicted molar refractivity (Wildman–Crippen MR) is 112 cm³/mol. The SMILES string of the molecule is CN(C)c1ncc(-c2cccc(Cl)c2)c([C@H]2CCCN2Cc2cnn(C)c2)n1. The van der Waals surface area contributed by atoms with E-state index in [9.17, 15) is 0 Å². The Morgan fingerprint density at radius 3 is 2.82 bits per heavy atom. The first-order valence-electron chi connectivity index (χ1n) is 9.53. The Kier molecular flexibility index (Phi) is 5.33. The maximum absolute atomic E-state index is 6.26. The van der Waals surface area contributed by atoms with Gasteiger partial charge in [-0.2, -0.15) is 5.10 Å². The monoisotopic (exact) mass is 396 g/mol. The van der Waals surface area contributed by atoms with E-state index in [1.807, 2.05) is 61.3 Å². The number of aryl methyl sites for hydroxylation is 1. The molecular weight excluding hydrogens is 372 g/mol. The summed E-state index contributed by atoms with van der Waals surface area (Å²) in [5.41, 5.74) is 4.40. The van der Waals surface area contributed by atoms with Crippen LogP contribution < -0.4 is 4.90 Å². The Bertz CT molecular complexity index is 967. The molecule has 0 amide bonds. The number of halogens is 1. The van der Waals surface area contributed by atoms with Crippen LogP contribution in [-0.4, -0.2) is 45.3 Å². The fourth-order valence-corrected chi connectivity index (χ4v) is 4.04. The first kappa shape index (κ1) is 18.9. The second kappa shape index (κ2) is 7.89. The van der Waals surface area contributed by atoms with Crippen LogP contribution in [0.1, 0.15) is 30.1 Å². The van der Waals surface area contributed by atoms with Crippen LogP contribution >= 0.6 is 11.6 Å². The number of likely N-dealkylation sites (tertiary alicyclic amines) is 1. The molecule has 4 rings (SSSR count). The third kappa shape index (κ3) is 3.88. The van der Waals surface area contributed by atoms with E-state index < -0.39 is 0 Å². The molecule has 6 nitrogen and oxygen atoms in total. The van der Waals surface area contributed by atoms with E-state index in [0.29, 0.717) is 0 Å². The number of hydrogen-bond donors (Lipinski definition) is 0. The fourth-order valence-electron chi connectivity index (χ4n) is 3.85. The van der Waals surface area contributed by atoms with E-state index in [2.05, 4.69) is 27.2 Å². The highest BCUT2D eigenvalue weighted by Crippen LogP contribution is 2.38. The smallest absolute Gasteiger partial charge is 0.225 e. The van der Waals surface area contributed by atoms with E-state index in [1.54, 1.807) is 0 Å². The van der Waals surface area contributed by atoms with Gasteiger partial charge in [0, 0.05) is 56.2 Å². The molecule has 0 bridgehead atoms. The van der Waals surface area contributed by atoms with Gasteiger partial charge in [0.15, 0.2) is 0 Å². The van der Waals surface area contributed by atoms with Gasteiger partial charge in [0.05, 0.1) is 17.9 Å². The summed E-state index contributed by atoms with van der Waals surface area (Å²) in [5.74, 6) is 0.731. The molecule has 1 aromatic carbocycles. The van der Waals surface area contributed by atoms with Gasteiger partial charge in [-0.25, -0.2) is 9.97 Å². The minimum atomic E-state index is 0.246. The van der Waals surface area contributed by atoms with Crippen LogP contribution in [0.15, 0.2) is 42.9 Å². The molecule has 7 heteroatoms. The number of hydrogen-bond acceptors (Lipinski definition) is 5. The highest BCUT2D eigenvalue weighted by atomic mass is 35.5. The predicted octanol–water partition coefficient (Wildman–Crippen LogP) is 3.93. The van der Waals surface area contributed by atoms with Crippen molar-refractivity contribution < 1.29 is 0 Å². The highest BCUT2D eigenvalue weighted by Gasteiger charge is 2.30. The van der Waals surface area contributed by atoms with Gasteiger partial charge in [0.25, 0.3) is 0 Å². The maximum atomic E-state index is 6.26. The van der Waals surface area contributed by atoms with Gasteiger partial charge in [0.1, 0.15) is 0 Å². The molecule has 1 fully saturated rings. The molecule has 1 saturated heterocycles. The van der Waals surface area contributed by atoms with E-state index >= 15 is 0 Å². The van der Waals surface area contributed by atoms with Crippen molar-refractivity contribution in [2.24, 2.45) is 7.05 Å². The Morgan fingerprint density at radius 2 is 2.11 bits per heavy atom. The summed E-state index contributed by atoms with van der Waals surface area (Å²) in [4.78, 5) is 14.0. The lowest BCUT2D eigenvalue weighted by molar-refractivity contribution is 0.245. The summed E-state index contributed by atoms with van der Waals surface area (Å²) in [6.45, 7) is 1.92. The van der Waals surface area contributed by atoms with Crippen molar-refractivity contribution in [1.29, 1.82) is 0 Å². The maximum Gasteiger partial charge on any atom is 0.225 e. The number of nitrogens with zero attached hydrogens (tertiary/aromatic N) is 6. The van der Waals surface area contributed by atoms with Crippen molar-refractivity contribution in [1.82, 2.24) is 24.6 Å². The average molecular weight is 397 g/mol. The second-order valence-corrected chi connectivity index (χ2v) is 7.96. The summed E-state index contributed by atoms with van der Waals surface area (Å²) < 4.78 is 1.85. The number of rotatable bonds is 5. The Labute approximate surface area is 170 Å². The topological polar surface area (TPSA) is 50.1 Å². The van der Waals surface area contributed by atoms with Crippen LogP contribution in [0.3, 0.4) is 0 Å². The molecule has 3 aromatic rings. The number of aromatic nitrogens is 4. The highest BCUT2D eigenvalue weighted by molar-refractivity contribution is 6.30. The third-order valence-corrected chi connectivity index (χ3v) is 5.40. The van der Waals surface area contributed by atoms with Crippen LogP contribution in [0.25, 0.3) is 11.1 Å². The van der Waals surface area contributed by atoms with Gasteiger partial charge in [-0.3, -0.25) is 9.58 Å². The summed E-state index contributed by atoms with van der Waals surface area (Å²) in [6.07, 6.45) is 8.19. The van der Waals surface area contributed by atoms with Gasteiger partial charge in [-0.1, -0.05) is 23.7 Å². The first-order valence-corrected chi connectivity index (χ1v) is 9.91. The first-order chi connectivity index (χ1) is 13.5. The summed E-state index contributed by atoms with van der Waals surface area (Å²) in [6, 6.07) is 8.17. The lowest BCUT2D eigenvalue weighted by atomic mass is 9.99. The van der Waals surface area contributed by atoms with Crippen molar-refractivity contribution in [2.75, 3.05) is 25.5 Å². The van der Waals surface area contributed by atoms with Gasteiger partial charge in [0.2, 0.25) is 5.95 Å². The Balaban J connectivity index is 1.74. The minimum absolute atomic E-state index is 0.246. The zero-order chi connectivity index (χ0) is 19.7. The molecule has 0 aliphatic carbocycles. The standard InChI is InChI=1S/C21H25ClN6/c1-26(2)21-23-12-18(16-6-4-7-17(22)10-16)20(25-21)19-8-5-9-28(19)14-15-11-24-27(3)13-15/h4,6-7,10-13,19H,5,8-9,14H2,1-3H3/t19-/m1/s1. The second-order valence-electron chi connectivity index (χ2n) is 7.52. The van der Waals surface area contributed by atoms with Crippen molar-refractivity contribution in [2.45, 2.75) is 25.4 Å². The quantitative estimate of drug-likeness (QED) is 0.653. The zero-order valence-corrected chi connectivity index (χ0v) is 17.3. The van der Waals surface area contributed by atoms with E-state index in [-0.39, 0.29) is 6.04 Å². The molecule has 2 aromatic heterocycles. The molecule has 0 spiro atoms. The largest absolute Gasteiger partial charge is 0.347 e. The molecular formula is C21H25ClN6. The van der Waals surface area contributed by atoms with Gasteiger partial charge >= 0.3 is 0 Å². The van der Waals surface area contributed by atoms with Crippen LogP contribution in [0, 0.1) is 0 Å². The molecule has 0 saturated carbocycles.